The van der Waals surface area contributed by atoms with Gasteiger partial charge in [0, 0.05) is 16.8 Å². The monoisotopic (exact) mass is 149 g/mol. The Morgan fingerprint density at radius 1 is 0.286 bits per heavy atom. The van der Waals surface area contributed by atoms with E-state index in [1.165, 1.54) is 0 Å². The Balaban J connectivity index is 0. The van der Waals surface area contributed by atoms with Gasteiger partial charge in [-0.3, -0.25) is 0 Å². The van der Waals surface area contributed by atoms with Crippen molar-refractivity contribution in [3.05, 3.63) is 44.6 Å². The molecular weight excluding hydrogens is 131 g/mol. The Morgan fingerprint density at radius 3 is 0.286 bits per heavy atom. The van der Waals surface area contributed by atoms with Gasteiger partial charge in [-0.1, -0.05) is 0 Å². The van der Waals surface area contributed by atoms with Crippen LogP contribution in [0.2, 0.25) is 0 Å². The summed E-state index contributed by atoms with van der Waals surface area (Å²) in [6, 6.07) is 0. The summed E-state index contributed by atoms with van der Waals surface area (Å²) >= 11 is 0. The largest absolute Gasteiger partial charge is 0.358 e. The topological polar surface area (TPSA) is 0 Å². The molecule has 0 N–H and O–H groups in total. The van der Waals surface area contributed by atoms with Crippen molar-refractivity contribution in [1.82, 2.24) is 0 Å². The first kappa shape index (κ1) is 1240. The molecule has 1 radical (unpaired) electrons. The Kier molecular flexibility index (Phi) is 136000. The molecule has 0 aromatic rings. The SMILES string of the molecule is [CH3-].[CH3-].[CH3-].[CH3-].[CH3-].[CH3-].[Co]. The molecule has 0 aliphatic rings. The molecule has 7 heavy (non-hydrogen) atoms. The van der Waals surface area contributed by atoms with Crippen LogP contribution in [0.5, 0.6) is 0 Å². The van der Waals surface area contributed by atoms with E-state index in [1.807, 2.05) is 0 Å². The first-order chi connectivity index (χ1) is 0. The Labute approximate surface area is 61.9 Å². The summed E-state index contributed by atoms with van der Waals surface area (Å²) in [6.07, 6.45) is 0. The second-order valence-electron chi connectivity index (χ2n) is 0. The standard InChI is InChI=1S/6CH3.Co/h6*1H3;/q6*-1;. The Morgan fingerprint density at radius 2 is 0.286 bits per heavy atom. The predicted octanol–water partition coefficient (Wildman–Crippen LogP) is 2.70. The third-order valence-corrected chi connectivity index (χ3v) is 0. The molecule has 0 saturated heterocycles. The Bertz CT molecular complexity index is 4.14. The van der Waals surface area contributed by atoms with Crippen LogP contribution in [0.15, 0.2) is 0 Å². The molecular formula is C6H18Co-6. The zero-order valence-electron chi connectivity index (χ0n) is 6.33. The maximum atomic E-state index is 0. The fourth-order valence-corrected chi connectivity index (χ4v) is 0. The fraction of sp³-hybridized carbons (Fsp3) is 0. The van der Waals surface area contributed by atoms with Gasteiger partial charge in [0.1, 0.15) is 0 Å². The van der Waals surface area contributed by atoms with E-state index in [2.05, 4.69) is 0 Å². The van der Waals surface area contributed by atoms with Gasteiger partial charge in [-0.05, 0) is 0 Å². The number of hydrogen-bond acceptors (Lipinski definition) is 0. The summed E-state index contributed by atoms with van der Waals surface area (Å²) in [5.74, 6) is 0. The van der Waals surface area contributed by atoms with Crippen molar-refractivity contribution in [2.75, 3.05) is 0 Å². The molecule has 0 nitrogen and oxygen atoms in total. The van der Waals surface area contributed by atoms with Crippen molar-refractivity contribution in [2.45, 2.75) is 0 Å². The van der Waals surface area contributed by atoms with E-state index < -0.39 is 0 Å². The summed E-state index contributed by atoms with van der Waals surface area (Å²) in [5, 5.41) is 0. The summed E-state index contributed by atoms with van der Waals surface area (Å²) < 4.78 is 0. The maximum absolute atomic E-state index is 0. The van der Waals surface area contributed by atoms with E-state index in [0.717, 1.165) is 0 Å². The molecule has 0 unspecified atom stereocenters. The van der Waals surface area contributed by atoms with Crippen LogP contribution in [0, 0.1) is 44.6 Å². The molecule has 0 spiro atoms. The summed E-state index contributed by atoms with van der Waals surface area (Å²) in [5.41, 5.74) is 0. The van der Waals surface area contributed by atoms with Crippen LogP contribution >= 0.6 is 0 Å². The van der Waals surface area contributed by atoms with Crippen molar-refractivity contribution in [2.24, 2.45) is 0 Å². The molecule has 0 saturated carbocycles. The molecule has 0 atom stereocenters. The molecule has 0 amide bonds. The van der Waals surface area contributed by atoms with Crippen molar-refractivity contribution >= 4 is 0 Å². The summed E-state index contributed by atoms with van der Waals surface area (Å²) in [7, 11) is 0. The molecule has 0 aromatic heterocycles. The molecule has 0 bridgehead atoms. The first-order valence-corrected chi connectivity index (χ1v) is 0. The van der Waals surface area contributed by atoms with Crippen molar-refractivity contribution in [1.29, 1.82) is 0 Å². The van der Waals surface area contributed by atoms with Gasteiger partial charge in [0.15, 0.2) is 0 Å². The zero-order valence-corrected chi connectivity index (χ0v) is 7.37. The first-order valence-electron chi connectivity index (χ1n) is 0. The average molecular weight is 149 g/mol. The minimum Gasteiger partial charge on any atom is -0.358 e. The molecule has 0 aromatic carbocycles. The van der Waals surface area contributed by atoms with Crippen molar-refractivity contribution in [3.63, 3.8) is 0 Å². The van der Waals surface area contributed by atoms with Gasteiger partial charge >= 0.3 is 0 Å². The molecule has 0 heterocycles. The zero-order chi connectivity index (χ0) is 0. The number of hydrogen-bond donors (Lipinski definition) is 0. The third-order valence-electron chi connectivity index (χ3n) is 0. The van der Waals surface area contributed by atoms with Crippen LogP contribution in [0.4, 0.5) is 0 Å². The predicted molar refractivity (Wildman–Crippen MR) is 38.5 cm³/mol. The molecule has 57 valence electrons. The second kappa shape index (κ2) is 769. The van der Waals surface area contributed by atoms with Crippen molar-refractivity contribution < 1.29 is 16.8 Å². The van der Waals surface area contributed by atoms with Gasteiger partial charge in [0.05, 0.1) is 0 Å². The van der Waals surface area contributed by atoms with Crippen molar-refractivity contribution in [3.8, 4) is 0 Å². The fourth-order valence-electron chi connectivity index (χ4n) is 0. The Hall–Kier alpha value is 0.506. The van der Waals surface area contributed by atoms with Gasteiger partial charge in [-0.25, -0.2) is 0 Å². The van der Waals surface area contributed by atoms with Crippen LogP contribution < -0.4 is 0 Å². The normalized spacial score (nSPS) is 0. The van der Waals surface area contributed by atoms with E-state index in [1.54, 1.807) is 0 Å². The van der Waals surface area contributed by atoms with E-state index in [0.29, 0.717) is 0 Å². The van der Waals surface area contributed by atoms with E-state index >= 15 is 0 Å². The van der Waals surface area contributed by atoms with Gasteiger partial charge < -0.3 is 44.6 Å². The quantitative estimate of drug-likeness (QED) is 0.464. The third kappa shape index (κ3) is 515. The minimum absolute atomic E-state index is 0. The average Bonchev–Trinajstić information content (AvgIpc) is 0. The van der Waals surface area contributed by atoms with Crippen LogP contribution in [0.1, 0.15) is 0 Å². The van der Waals surface area contributed by atoms with Crippen LogP contribution in [0.3, 0.4) is 0 Å². The van der Waals surface area contributed by atoms with E-state index in [9.17, 15) is 0 Å². The van der Waals surface area contributed by atoms with Crippen LogP contribution in [-0.4, -0.2) is 0 Å². The minimum atomic E-state index is 0. The molecule has 0 rings (SSSR count). The molecule has 1 heteroatoms. The molecule has 0 aliphatic carbocycles. The van der Waals surface area contributed by atoms with E-state index in [4.69, 9.17) is 0 Å². The summed E-state index contributed by atoms with van der Waals surface area (Å²) in [6.45, 7) is 0. The molecule has 0 aliphatic heterocycles. The van der Waals surface area contributed by atoms with Gasteiger partial charge in [0.2, 0.25) is 0 Å². The number of rotatable bonds is 0. The maximum Gasteiger partial charge on any atom is 0 e. The molecule has 0 fully saturated rings. The van der Waals surface area contributed by atoms with Crippen LogP contribution in [-0.2, 0) is 16.8 Å². The van der Waals surface area contributed by atoms with Crippen LogP contribution in [0.25, 0.3) is 0 Å². The second-order valence-corrected chi connectivity index (χ2v) is 0. The van der Waals surface area contributed by atoms with Gasteiger partial charge in [-0.2, -0.15) is 0 Å². The summed E-state index contributed by atoms with van der Waals surface area (Å²) in [4.78, 5) is 0. The van der Waals surface area contributed by atoms with Gasteiger partial charge in [-0.15, -0.1) is 0 Å². The van der Waals surface area contributed by atoms with Gasteiger partial charge in [0.25, 0.3) is 0 Å². The van der Waals surface area contributed by atoms with E-state index in [-0.39, 0.29) is 61.3 Å². The smallest absolute Gasteiger partial charge is 0 e.